The van der Waals surface area contributed by atoms with E-state index in [2.05, 4.69) is 21.3 Å². The van der Waals surface area contributed by atoms with E-state index in [4.69, 9.17) is 5.26 Å². The first-order chi connectivity index (χ1) is 11.7. The molecule has 0 spiro atoms. The highest BCUT2D eigenvalue weighted by Crippen LogP contribution is 2.21. The third kappa shape index (κ3) is 3.99. The Morgan fingerprint density at radius 2 is 2.21 bits per heavy atom. The Bertz CT molecular complexity index is 772. The molecule has 2 heterocycles. The van der Waals surface area contributed by atoms with Gasteiger partial charge < -0.3 is 10.2 Å². The molecule has 0 atom stereocenters. The number of benzene rings is 1. The summed E-state index contributed by atoms with van der Waals surface area (Å²) < 4.78 is 0. The lowest BCUT2D eigenvalue weighted by molar-refractivity contribution is 0.103. The van der Waals surface area contributed by atoms with Gasteiger partial charge in [-0.05, 0) is 51.1 Å². The maximum absolute atomic E-state index is 12.5. The van der Waals surface area contributed by atoms with E-state index in [-0.39, 0.29) is 5.91 Å². The van der Waals surface area contributed by atoms with Crippen LogP contribution in [0.15, 0.2) is 24.3 Å². The summed E-state index contributed by atoms with van der Waals surface area (Å²) in [7, 11) is 0. The number of nitriles is 1. The van der Waals surface area contributed by atoms with Gasteiger partial charge >= 0.3 is 0 Å². The van der Waals surface area contributed by atoms with E-state index in [1.54, 1.807) is 24.3 Å². The molecule has 0 unspecified atom stereocenters. The maximum atomic E-state index is 12.5. The molecule has 0 saturated carbocycles. The second-order valence-corrected chi connectivity index (χ2v) is 7.05. The molecule has 1 saturated heterocycles. The fourth-order valence-electron chi connectivity index (χ4n) is 2.88. The average Bonchev–Trinajstić information content (AvgIpc) is 3.22. The van der Waals surface area contributed by atoms with E-state index >= 15 is 0 Å². The van der Waals surface area contributed by atoms with Crippen molar-refractivity contribution < 1.29 is 4.79 Å². The monoisotopic (exact) mass is 340 g/mol. The van der Waals surface area contributed by atoms with Crippen molar-refractivity contribution in [1.29, 1.82) is 5.26 Å². The van der Waals surface area contributed by atoms with Gasteiger partial charge in [-0.1, -0.05) is 6.07 Å². The van der Waals surface area contributed by atoms with Crippen molar-refractivity contribution >= 4 is 22.9 Å². The lowest BCUT2D eigenvalue weighted by atomic mass is 10.2. The maximum Gasteiger partial charge on any atom is 0.267 e. The predicted octanol–water partition coefficient (Wildman–Crippen LogP) is 3.21. The van der Waals surface area contributed by atoms with Crippen LogP contribution in [0.25, 0.3) is 0 Å². The van der Waals surface area contributed by atoms with Crippen LogP contribution in [0.5, 0.6) is 0 Å². The molecule has 1 aromatic carbocycles. The summed E-state index contributed by atoms with van der Waals surface area (Å²) in [5.41, 5.74) is 1.93. The van der Waals surface area contributed by atoms with E-state index in [0.717, 1.165) is 23.7 Å². The Morgan fingerprint density at radius 3 is 2.96 bits per heavy atom. The smallest absolute Gasteiger partial charge is 0.267 e. The minimum atomic E-state index is -0.160. The molecule has 2 aromatic rings. The molecule has 1 aliphatic heterocycles. The first-order valence-electron chi connectivity index (χ1n) is 8.16. The van der Waals surface area contributed by atoms with Crippen LogP contribution < -0.4 is 5.32 Å². The van der Waals surface area contributed by atoms with Crippen LogP contribution in [-0.2, 0) is 6.42 Å². The number of likely N-dealkylation sites (tertiary alicyclic amines) is 1. The van der Waals surface area contributed by atoms with Gasteiger partial charge in [0.1, 0.15) is 4.88 Å². The number of carbonyl (C=O) groups is 1. The van der Waals surface area contributed by atoms with Gasteiger partial charge in [-0.3, -0.25) is 4.79 Å². The third-order valence-corrected chi connectivity index (χ3v) is 5.35. The highest BCUT2D eigenvalue weighted by Gasteiger charge is 2.17. The van der Waals surface area contributed by atoms with Crippen LogP contribution in [0, 0.1) is 18.3 Å². The molecule has 1 aliphatic rings. The van der Waals surface area contributed by atoms with Gasteiger partial charge in [-0.15, -0.1) is 11.3 Å². The summed E-state index contributed by atoms with van der Waals surface area (Å²) in [6.07, 6.45) is 3.46. The van der Waals surface area contributed by atoms with E-state index in [1.165, 1.54) is 37.3 Å². The number of carbonyl (C=O) groups excluding carboxylic acids is 1. The summed E-state index contributed by atoms with van der Waals surface area (Å²) in [5, 5.41) is 12.8. The van der Waals surface area contributed by atoms with Crippen LogP contribution in [0.1, 0.15) is 38.8 Å². The summed E-state index contributed by atoms with van der Waals surface area (Å²) in [6, 6.07) is 9.00. The van der Waals surface area contributed by atoms with Crippen molar-refractivity contribution in [3.63, 3.8) is 0 Å². The van der Waals surface area contributed by atoms with Gasteiger partial charge in [0.2, 0.25) is 0 Å². The van der Waals surface area contributed by atoms with E-state index in [0.29, 0.717) is 16.1 Å². The second kappa shape index (κ2) is 7.56. The Hall–Kier alpha value is -2.23. The summed E-state index contributed by atoms with van der Waals surface area (Å²) in [4.78, 5) is 20.1. The van der Waals surface area contributed by atoms with Gasteiger partial charge in [0.15, 0.2) is 0 Å². The number of amides is 1. The fraction of sp³-hybridized carbons (Fsp3) is 0.389. The second-order valence-electron chi connectivity index (χ2n) is 5.97. The van der Waals surface area contributed by atoms with Gasteiger partial charge in [-0.2, -0.15) is 5.26 Å². The topological polar surface area (TPSA) is 69.0 Å². The van der Waals surface area contributed by atoms with Gasteiger partial charge in [-0.25, -0.2) is 4.98 Å². The Kier molecular flexibility index (Phi) is 5.24. The Balaban J connectivity index is 1.65. The Labute approximate surface area is 145 Å². The summed E-state index contributed by atoms with van der Waals surface area (Å²) in [6.45, 7) is 5.23. The molecule has 1 aromatic heterocycles. The molecule has 124 valence electrons. The summed E-state index contributed by atoms with van der Waals surface area (Å²) >= 11 is 1.47. The van der Waals surface area contributed by atoms with Crippen LogP contribution in [0.3, 0.4) is 0 Å². The molecular formula is C18H20N4OS. The minimum absolute atomic E-state index is 0.160. The average molecular weight is 340 g/mol. The van der Waals surface area contributed by atoms with E-state index in [1.807, 2.05) is 6.92 Å². The first-order valence-corrected chi connectivity index (χ1v) is 8.97. The first kappa shape index (κ1) is 16.6. The van der Waals surface area contributed by atoms with Crippen molar-refractivity contribution in [3.8, 4) is 6.07 Å². The molecule has 6 heteroatoms. The van der Waals surface area contributed by atoms with Crippen molar-refractivity contribution in [2.75, 3.05) is 25.0 Å². The molecule has 5 nitrogen and oxygen atoms in total. The van der Waals surface area contributed by atoms with Gasteiger partial charge in [0.25, 0.3) is 5.91 Å². The number of nitrogens with zero attached hydrogens (tertiary/aromatic N) is 3. The minimum Gasteiger partial charge on any atom is -0.321 e. The third-order valence-electron chi connectivity index (χ3n) is 4.14. The number of hydrogen-bond donors (Lipinski definition) is 1. The molecule has 1 fully saturated rings. The standard InChI is InChI=1S/C18H20N4OS/c1-13-17(18(23)21-15-6-4-5-14(11-15)12-19)24-16(20-13)7-10-22-8-2-3-9-22/h4-6,11H,2-3,7-10H2,1H3,(H,21,23). The normalized spacial score (nSPS) is 14.5. The quantitative estimate of drug-likeness (QED) is 0.907. The number of rotatable bonds is 5. The molecule has 0 radical (unpaired) electrons. The number of anilines is 1. The number of nitrogens with one attached hydrogen (secondary N) is 1. The summed E-state index contributed by atoms with van der Waals surface area (Å²) in [5.74, 6) is -0.160. The lowest BCUT2D eigenvalue weighted by Gasteiger charge is -2.12. The Morgan fingerprint density at radius 1 is 1.42 bits per heavy atom. The lowest BCUT2D eigenvalue weighted by Crippen LogP contribution is -2.21. The number of thiazole rings is 1. The van der Waals surface area contributed by atoms with Crippen molar-refractivity contribution in [3.05, 3.63) is 45.4 Å². The SMILES string of the molecule is Cc1nc(CCN2CCCC2)sc1C(=O)Nc1cccc(C#N)c1. The molecule has 0 bridgehead atoms. The highest BCUT2D eigenvalue weighted by atomic mass is 32.1. The number of hydrogen-bond acceptors (Lipinski definition) is 5. The molecule has 0 aliphatic carbocycles. The van der Waals surface area contributed by atoms with Crippen molar-refractivity contribution in [2.45, 2.75) is 26.2 Å². The van der Waals surface area contributed by atoms with E-state index in [9.17, 15) is 4.79 Å². The van der Waals surface area contributed by atoms with Crippen LogP contribution >= 0.6 is 11.3 Å². The predicted molar refractivity (Wildman–Crippen MR) is 95.3 cm³/mol. The van der Waals surface area contributed by atoms with E-state index < -0.39 is 0 Å². The van der Waals surface area contributed by atoms with Crippen LogP contribution in [0.4, 0.5) is 5.69 Å². The molecular weight excluding hydrogens is 320 g/mol. The molecule has 1 amide bonds. The zero-order chi connectivity index (χ0) is 16.9. The van der Waals surface area contributed by atoms with Gasteiger partial charge in [0.05, 0.1) is 22.3 Å². The fourth-order valence-corrected chi connectivity index (χ4v) is 3.83. The molecule has 3 rings (SSSR count). The highest BCUT2D eigenvalue weighted by molar-refractivity contribution is 7.13. The van der Waals surface area contributed by atoms with Crippen molar-refractivity contribution in [1.82, 2.24) is 9.88 Å². The number of aryl methyl sites for hydroxylation is 1. The zero-order valence-electron chi connectivity index (χ0n) is 13.7. The van der Waals surface area contributed by atoms with Gasteiger partial charge in [0, 0.05) is 18.7 Å². The van der Waals surface area contributed by atoms with Crippen LogP contribution in [-0.4, -0.2) is 35.4 Å². The van der Waals surface area contributed by atoms with Crippen molar-refractivity contribution in [2.24, 2.45) is 0 Å². The van der Waals surface area contributed by atoms with Crippen LogP contribution in [0.2, 0.25) is 0 Å². The largest absolute Gasteiger partial charge is 0.321 e. The zero-order valence-corrected chi connectivity index (χ0v) is 14.5. The molecule has 1 N–H and O–H groups in total. The number of aromatic nitrogens is 1. The molecule has 24 heavy (non-hydrogen) atoms.